The summed E-state index contributed by atoms with van der Waals surface area (Å²) in [5.41, 5.74) is 7.64. The molecule has 7 aromatic rings. The molecule has 12 heteroatoms. The third kappa shape index (κ3) is 20.9. The Balaban J connectivity index is 1.36. The molecular weight excluding hydrogens is 1040 g/mol. The van der Waals surface area contributed by atoms with Crippen molar-refractivity contribution in [3.63, 3.8) is 0 Å². The predicted octanol–water partition coefficient (Wildman–Crippen LogP) is 21.4. The highest BCUT2D eigenvalue weighted by atomic mass is 16.5. The second-order valence-corrected chi connectivity index (χ2v) is 23.8. The minimum atomic E-state index is 0.590. The molecule has 4 aromatic carbocycles. The molecule has 0 spiro atoms. The Morgan fingerprint density at radius 2 is 0.321 bits per heavy atom. The molecule has 3 aromatic heterocycles. The Kier molecular flexibility index (Phi) is 30.3. The van der Waals surface area contributed by atoms with Crippen molar-refractivity contribution in [2.75, 3.05) is 39.6 Å². The Morgan fingerprint density at radius 3 is 0.464 bits per heavy atom. The molecule has 0 bridgehead atoms. The number of hydrogen-bond acceptors (Lipinski definition) is 12. The first-order valence-electron chi connectivity index (χ1n) is 34.3. The Morgan fingerprint density at radius 1 is 0.190 bits per heavy atom. The van der Waals surface area contributed by atoms with Crippen molar-refractivity contribution < 1.29 is 28.4 Å². The van der Waals surface area contributed by atoms with E-state index in [9.17, 15) is 0 Å². The largest absolute Gasteiger partial charge is 0.490 e. The molecule has 0 radical (unpaired) electrons. The van der Waals surface area contributed by atoms with Crippen LogP contribution in [0.25, 0.3) is 66.2 Å². The summed E-state index contributed by atoms with van der Waals surface area (Å²) in [6.45, 7) is 17.2. The summed E-state index contributed by atoms with van der Waals surface area (Å²) in [7, 11) is 0. The van der Waals surface area contributed by atoms with E-state index in [1.807, 2.05) is 36.4 Å². The fraction of sp³-hybridized carbons (Fsp3) is 0.667. The Labute approximate surface area is 505 Å². The second kappa shape index (κ2) is 38.5. The monoisotopic (exact) mass is 1150 g/mol. The standard InChI is InChI=1S/C72H108N6O6/c1-7-13-19-25-31-37-43-79-61-49-55-56(50-62(61)80-44-38-32-26-20-14-8-2)74-68-67(73-55)69-71(77-58-52-64(82-46-40-34-28-22-16-10-4)63(51-57(58)75-69)81-45-39-33-27-21-15-9-3)72-70(68)76-59-53-65(83-47-41-35-29-23-17-11-5)66(54-60(59)78-72)84-48-42-36-30-24-18-12-6/h49-54H,7-48H2,1-6H3. The van der Waals surface area contributed by atoms with Crippen LogP contribution in [-0.2, 0) is 0 Å². The minimum Gasteiger partial charge on any atom is -0.490 e. The van der Waals surface area contributed by atoms with Crippen molar-refractivity contribution >= 4 is 66.2 Å². The molecule has 0 aliphatic heterocycles. The first kappa shape index (κ1) is 66.0. The fourth-order valence-corrected chi connectivity index (χ4v) is 11.2. The molecule has 0 saturated carbocycles. The number of rotatable bonds is 48. The maximum absolute atomic E-state index is 6.62. The minimum absolute atomic E-state index is 0.590. The molecule has 12 nitrogen and oxygen atoms in total. The van der Waals surface area contributed by atoms with Gasteiger partial charge in [0.05, 0.1) is 72.7 Å². The molecule has 3 heterocycles. The number of ether oxygens (including phenoxy) is 6. The first-order chi connectivity index (χ1) is 41.5. The first-order valence-corrected chi connectivity index (χ1v) is 34.3. The Bertz CT molecular complexity index is 2460. The third-order valence-electron chi connectivity index (χ3n) is 16.4. The maximum atomic E-state index is 6.62. The van der Waals surface area contributed by atoms with Crippen molar-refractivity contribution in [2.24, 2.45) is 0 Å². The van der Waals surface area contributed by atoms with E-state index in [2.05, 4.69) is 41.5 Å². The van der Waals surface area contributed by atoms with E-state index in [0.717, 1.165) is 77.0 Å². The lowest BCUT2D eigenvalue weighted by Gasteiger charge is -2.16. The van der Waals surface area contributed by atoms with E-state index in [1.165, 1.54) is 154 Å². The number of hydrogen-bond donors (Lipinski definition) is 0. The summed E-state index contributed by atoms with van der Waals surface area (Å²) in [4.78, 5) is 32.8. The van der Waals surface area contributed by atoms with Crippen LogP contribution in [0.5, 0.6) is 34.5 Å². The lowest BCUT2D eigenvalue weighted by atomic mass is 10.1. The Hall–Kier alpha value is -5.52. The predicted molar refractivity (Wildman–Crippen MR) is 351 cm³/mol. The molecule has 0 fully saturated rings. The van der Waals surface area contributed by atoms with Gasteiger partial charge in [-0.05, 0) is 38.5 Å². The normalized spacial score (nSPS) is 11.8. The summed E-state index contributed by atoms with van der Waals surface area (Å²) < 4.78 is 39.7. The number of benzene rings is 4. The lowest BCUT2D eigenvalue weighted by Crippen LogP contribution is -2.05. The van der Waals surface area contributed by atoms with Gasteiger partial charge in [0.1, 0.15) is 33.1 Å². The molecule has 462 valence electrons. The zero-order valence-electron chi connectivity index (χ0n) is 53.3. The van der Waals surface area contributed by atoms with Crippen LogP contribution < -0.4 is 28.4 Å². The van der Waals surface area contributed by atoms with E-state index in [4.69, 9.17) is 58.3 Å². The maximum Gasteiger partial charge on any atom is 0.163 e. The summed E-state index contributed by atoms with van der Waals surface area (Å²) in [5.74, 6) is 4.12. The third-order valence-corrected chi connectivity index (χ3v) is 16.4. The van der Waals surface area contributed by atoms with Gasteiger partial charge in [-0.2, -0.15) is 0 Å². The van der Waals surface area contributed by atoms with E-state index >= 15 is 0 Å². The van der Waals surface area contributed by atoms with Gasteiger partial charge in [-0.1, -0.05) is 234 Å². The van der Waals surface area contributed by atoms with Crippen LogP contribution in [0.1, 0.15) is 273 Å². The van der Waals surface area contributed by atoms with Crippen LogP contribution in [0.2, 0.25) is 0 Å². The van der Waals surface area contributed by atoms with E-state index in [0.29, 0.717) is 140 Å². The van der Waals surface area contributed by atoms with Gasteiger partial charge in [0.25, 0.3) is 0 Å². The summed E-state index contributed by atoms with van der Waals surface area (Å²) >= 11 is 0. The average Bonchev–Trinajstić information content (AvgIpc) is 0.830. The van der Waals surface area contributed by atoms with Crippen LogP contribution in [0, 0.1) is 0 Å². The molecule has 0 saturated heterocycles. The van der Waals surface area contributed by atoms with Crippen molar-refractivity contribution in [2.45, 2.75) is 273 Å². The highest BCUT2D eigenvalue weighted by Crippen LogP contribution is 2.40. The van der Waals surface area contributed by atoms with Crippen molar-refractivity contribution in [3.05, 3.63) is 36.4 Å². The number of nitrogens with zero attached hydrogens (tertiary/aromatic N) is 6. The molecule has 0 atom stereocenters. The lowest BCUT2D eigenvalue weighted by molar-refractivity contribution is 0.259. The van der Waals surface area contributed by atoms with Crippen molar-refractivity contribution in [3.8, 4) is 34.5 Å². The second-order valence-electron chi connectivity index (χ2n) is 23.8. The molecule has 0 aliphatic carbocycles. The van der Waals surface area contributed by atoms with Gasteiger partial charge in [-0.25, -0.2) is 29.9 Å². The van der Waals surface area contributed by atoms with Crippen LogP contribution in [0.3, 0.4) is 0 Å². The van der Waals surface area contributed by atoms with Crippen molar-refractivity contribution in [1.29, 1.82) is 0 Å². The van der Waals surface area contributed by atoms with Gasteiger partial charge >= 0.3 is 0 Å². The molecule has 84 heavy (non-hydrogen) atoms. The van der Waals surface area contributed by atoms with Crippen molar-refractivity contribution in [1.82, 2.24) is 29.9 Å². The average molecular weight is 1150 g/mol. The summed E-state index contributed by atoms with van der Waals surface area (Å²) in [6, 6.07) is 12.0. The number of fused-ring (bicyclic) bond motifs is 9. The SMILES string of the molecule is CCCCCCCCOc1cc2nc3c4nc5cc(OCCCCCCCC)c(OCCCCCCCC)cc5nc4c4nc5cc(OCCCCCCCC)c(OCCCCCCCC)cc5nc4c3nc2cc1OCCCCCCCC. The van der Waals surface area contributed by atoms with Crippen LogP contribution in [-0.4, -0.2) is 69.5 Å². The topological polar surface area (TPSA) is 133 Å². The molecule has 0 aliphatic rings. The van der Waals surface area contributed by atoms with Gasteiger partial charge in [0.15, 0.2) is 34.5 Å². The fourth-order valence-electron chi connectivity index (χ4n) is 11.2. The van der Waals surface area contributed by atoms with E-state index < -0.39 is 0 Å². The van der Waals surface area contributed by atoms with Crippen LogP contribution in [0.4, 0.5) is 0 Å². The zero-order chi connectivity index (χ0) is 58.8. The number of aromatic nitrogens is 6. The highest BCUT2D eigenvalue weighted by molar-refractivity contribution is 6.21. The van der Waals surface area contributed by atoms with Gasteiger partial charge in [0.2, 0.25) is 0 Å². The quantitative estimate of drug-likeness (QED) is 0.0204. The van der Waals surface area contributed by atoms with Gasteiger partial charge in [-0.3, -0.25) is 0 Å². The van der Waals surface area contributed by atoms with Gasteiger partial charge in [0, 0.05) is 36.4 Å². The summed E-state index contributed by atoms with van der Waals surface area (Å²) in [6.07, 6.45) is 42.5. The zero-order valence-corrected chi connectivity index (χ0v) is 53.3. The molecular formula is C72H108N6O6. The molecule has 0 unspecified atom stereocenters. The molecule has 0 amide bonds. The van der Waals surface area contributed by atoms with Gasteiger partial charge in [-0.15, -0.1) is 0 Å². The highest BCUT2D eigenvalue weighted by Gasteiger charge is 2.23. The van der Waals surface area contributed by atoms with Crippen LogP contribution in [0.15, 0.2) is 36.4 Å². The summed E-state index contributed by atoms with van der Waals surface area (Å²) in [5, 5.41) is 0. The van der Waals surface area contributed by atoms with Gasteiger partial charge < -0.3 is 28.4 Å². The molecule has 7 rings (SSSR count). The number of unbranched alkanes of at least 4 members (excludes halogenated alkanes) is 30. The van der Waals surface area contributed by atoms with Crippen LogP contribution >= 0.6 is 0 Å². The van der Waals surface area contributed by atoms with E-state index in [-0.39, 0.29) is 0 Å². The smallest absolute Gasteiger partial charge is 0.163 e. The van der Waals surface area contributed by atoms with E-state index in [1.54, 1.807) is 0 Å². The molecule has 0 N–H and O–H groups in total.